The van der Waals surface area contributed by atoms with Crippen molar-refractivity contribution in [2.24, 2.45) is 5.73 Å². The van der Waals surface area contributed by atoms with Gasteiger partial charge in [0.15, 0.2) is 0 Å². The summed E-state index contributed by atoms with van der Waals surface area (Å²) >= 11 is 0. The second-order valence-electron chi connectivity index (χ2n) is 4.63. The lowest BCUT2D eigenvalue weighted by Gasteiger charge is -2.19. The van der Waals surface area contributed by atoms with Crippen molar-refractivity contribution in [2.75, 3.05) is 6.54 Å². The molecule has 0 aliphatic carbocycles. The van der Waals surface area contributed by atoms with Gasteiger partial charge in [-0.3, -0.25) is 0 Å². The molecule has 0 saturated carbocycles. The van der Waals surface area contributed by atoms with Crippen LogP contribution in [0, 0.1) is 6.92 Å². The lowest BCUT2D eigenvalue weighted by molar-refractivity contribution is 0.498. The molecule has 1 aromatic carbocycles. The van der Waals surface area contributed by atoms with Crippen LogP contribution in [0.1, 0.15) is 19.4 Å². The van der Waals surface area contributed by atoms with Crippen LogP contribution in [0.2, 0.25) is 0 Å². The molecule has 0 spiro atoms. The van der Waals surface area contributed by atoms with E-state index in [0.29, 0.717) is 0 Å². The van der Waals surface area contributed by atoms with Crippen LogP contribution in [0.4, 0.5) is 0 Å². The minimum absolute atomic E-state index is 0. The van der Waals surface area contributed by atoms with Gasteiger partial charge in [-0.2, -0.15) is 0 Å². The van der Waals surface area contributed by atoms with Crippen molar-refractivity contribution in [1.82, 2.24) is 4.72 Å². The van der Waals surface area contributed by atoms with Gasteiger partial charge in [0, 0.05) is 12.1 Å². The van der Waals surface area contributed by atoms with Crippen LogP contribution in [0.5, 0.6) is 0 Å². The van der Waals surface area contributed by atoms with Gasteiger partial charge in [0.2, 0.25) is 10.0 Å². The highest BCUT2D eigenvalue weighted by Crippen LogP contribution is 2.11. The summed E-state index contributed by atoms with van der Waals surface area (Å²) in [5.41, 5.74) is 6.08. The van der Waals surface area contributed by atoms with Crippen LogP contribution >= 0.6 is 12.4 Å². The Morgan fingerprint density at radius 3 is 2.41 bits per heavy atom. The molecule has 0 aromatic heterocycles. The first kappa shape index (κ1) is 16.4. The first-order valence-electron chi connectivity index (χ1n) is 5.06. The Balaban J connectivity index is 0.00000256. The van der Waals surface area contributed by atoms with Crippen LogP contribution in [-0.4, -0.2) is 20.5 Å². The van der Waals surface area contributed by atoms with Gasteiger partial charge in [0.05, 0.1) is 4.90 Å². The monoisotopic (exact) mass is 278 g/mol. The molecule has 0 radical (unpaired) electrons. The average molecular weight is 279 g/mol. The van der Waals surface area contributed by atoms with E-state index >= 15 is 0 Å². The van der Waals surface area contributed by atoms with Crippen LogP contribution in [0.25, 0.3) is 0 Å². The molecule has 0 aliphatic rings. The second kappa shape index (κ2) is 5.82. The smallest absolute Gasteiger partial charge is 0.240 e. The molecule has 0 unspecified atom stereocenters. The Morgan fingerprint density at radius 1 is 1.35 bits per heavy atom. The summed E-state index contributed by atoms with van der Waals surface area (Å²) in [4.78, 5) is 0.275. The van der Waals surface area contributed by atoms with Gasteiger partial charge in [-0.15, -0.1) is 12.4 Å². The molecule has 0 fully saturated rings. The predicted molar refractivity (Wildman–Crippen MR) is 71.9 cm³/mol. The van der Waals surface area contributed by atoms with E-state index in [4.69, 9.17) is 5.73 Å². The lowest BCUT2D eigenvalue weighted by atomic mass is 10.1. The number of hydrogen-bond acceptors (Lipinski definition) is 3. The fourth-order valence-electron chi connectivity index (χ4n) is 1.15. The van der Waals surface area contributed by atoms with Crippen molar-refractivity contribution in [2.45, 2.75) is 31.2 Å². The minimum Gasteiger partial charge on any atom is -0.324 e. The first-order valence-corrected chi connectivity index (χ1v) is 6.54. The lowest BCUT2D eigenvalue weighted by Crippen LogP contribution is -2.45. The van der Waals surface area contributed by atoms with Gasteiger partial charge < -0.3 is 5.73 Å². The molecule has 4 nitrogen and oxygen atoms in total. The molecular weight excluding hydrogens is 260 g/mol. The van der Waals surface area contributed by atoms with E-state index in [1.807, 2.05) is 13.0 Å². The average Bonchev–Trinajstić information content (AvgIpc) is 2.14. The summed E-state index contributed by atoms with van der Waals surface area (Å²) in [6.45, 7) is 5.60. The number of rotatable bonds is 4. The standard InChI is InChI=1S/C11H18N2O2S.ClH/c1-9-5-4-6-10(7-9)16(14,15)13-8-11(2,3)12;/h4-7,13H,8,12H2,1-3H3;1H. The summed E-state index contributed by atoms with van der Waals surface area (Å²) in [6.07, 6.45) is 0. The van der Waals surface area contributed by atoms with E-state index in [-0.39, 0.29) is 23.8 Å². The SMILES string of the molecule is Cc1cccc(S(=O)(=O)NCC(C)(C)N)c1.Cl. The van der Waals surface area contributed by atoms with Gasteiger partial charge >= 0.3 is 0 Å². The number of benzene rings is 1. The Kier molecular flexibility index (Phi) is 5.61. The summed E-state index contributed by atoms with van der Waals surface area (Å²) in [7, 11) is -3.45. The highest BCUT2D eigenvalue weighted by atomic mass is 35.5. The Hall–Kier alpha value is -0.620. The third-order valence-electron chi connectivity index (χ3n) is 2.02. The zero-order chi connectivity index (χ0) is 12.4. The zero-order valence-corrected chi connectivity index (χ0v) is 11.9. The minimum atomic E-state index is -3.45. The summed E-state index contributed by atoms with van der Waals surface area (Å²) in [5.74, 6) is 0. The van der Waals surface area contributed by atoms with Crippen LogP contribution in [0.15, 0.2) is 29.2 Å². The largest absolute Gasteiger partial charge is 0.324 e. The molecule has 1 rings (SSSR count). The van der Waals surface area contributed by atoms with Crippen molar-refractivity contribution < 1.29 is 8.42 Å². The maximum Gasteiger partial charge on any atom is 0.240 e. The number of sulfonamides is 1. The van der Waals surface area contributed by atoms with Crippen molar-refractivity contribution >= 4 is 22.4 Å². The van der Waals surface area contributed by atoms with E-state index in [2.05, 4.69) is 4.72 Å². The highest BCUT2D eigenvalue weighted by Gasteiger charge is 2.18. The second-order valence-corrected chi connectivity index (χ2v) is 6.40. The number of nitrogens with two attached hydrogens (primary N) is 1. The molecule has 1 aromatic rings. The van der Waals surface area contributed by atoms with Gasteiger partial charge in [0.1, 0.15) is 0 Å². The number of aryl methyl sites for hydroxylation is 1. The first-order chi connectivity index (χ1) is 7.21. The number of nitrogens with one attached hydrogen (secondary N) is 1. The molecule has 17 heavy (non-hydrogen) atoms. The third kappa shape index (κ3) is 5.50. The molecule has 0 saturated heterocycles. The predicted octanol–water partition coefficient (Wildman–Crippen LogP) is 1.43. The van der Waals surface area contributed by atoms with E-state index < -0.39 is 15.6 Å². The van der Waals surface area contributed by atoms with E-state index in [9.17, 15) is 8.42 Å². The fourth-order valence-corrected chi connectivity index (χ4v) is 2.47. The maximum atomic E-state index is 11.9. The van der Waals surface area contributed by atoms with Crippen LogP contribution in [-0.2, 0) is 10.0 Å². The quantitative estimate of drug-likeness (QED) is 0.875. The Morgan fingerprint density at radius 2 is 1.94 bits per heavy atom. The number of halogens is 1. The van der Waals surface area contributed by atoms with Crippen molar-refractivity contribution in [3.8, 4) is 0 Å². The molecular formula is C11H19ClN2O2S. The van der Waals surface area contributed by atoms with Gasteiger partial charge in [-0.25, -0.2) is 13.1 Å². The van der Waals surface area contributed by atoms with Crippen molar-refractivity contribution in [1.29, 1.82) is 0 Å². The molecule has 0 atom stereocenters. The highest BCUT2D eigenvalue weighted by molar-refractivity contribution is 7.89. The summed E-state index contributed by atoms with van der Waals surface area (Å²) in [5, 5.41) is 0. The van der Waals surface area contributed by atoms with Crippen molar-refractivity contribution in [3.63, 3.8) is 0 Å². The molecule has 6 heteroatoms. The fraction of sp³-hybridized carbons (Fsp3) is 0.455. The van der Waals surface area contributed by atoms with Gasteiger partial charge in [-0.1, -0.05) is 12.1 Å². The normalized spacial score (nSPS) is 12.0. The molecule has 0 heterocycles. The number of hydrogen-bond donors (Lipinski definition) is 2. The van der Waals surface area contributed by atoms with Gasteiger partial charge in [-0.05, 0) is 38.5 Å². The Labute approximate surface area is 109 Å². The molecule has 0 amide bonds. The van der Waals surface area contributed by atoms with Gasteiger partial charge in [0.25, 0.3) is 0 Å². The van der Waals surface area contributed by atoms with Crippen molar-refractivity contribution in [3.05, 3.63) is 29.8 Å². The maximum absolute atomic E-state index is 11.9. The van der Waals surface area contributed by atoms with E-state index in [0.717, 1.165) is 5.56 Å². The zero-order valence-electron chi connectivity index (χ0n) is 10.2. The van der Waals surface area contributed by atoms with Crippen LogP contribution < -0.4 is 10.5 Å². The summed E-state index contributed by atoms with van der Waals surface area (Å²) < 4.78 is 26.2. The molecule has 0 aliphatic heterocycles. The molecule has 3 N–H and O–H groups in total. The van der Waals surface area contributed by atoms with E-state index in [1.165, 1.54) is 0 Å². The van der Waals surface area contributed by atoms with Crippen LogP contribution in [0.3, 0.4) is 0 Å². The Bertz CT molecular complexity index is 467. The molecule has 0 bridgehead atoms. The van der Waals surface area contributed by atoms with E-state index in [1.54, 1.807) is 32.0 Å². The molecule has 98 valence electrons. The third-order valence-corrected chi connectivity index (χ3v) is 3.42. The summed E-state index contributed by atoms with van der Waals surface area (Å²) in [6, 6.07) is 6.77. The topological polar surface area (TPSA) is 72.2 Å².